The molecule has 0 aliphatic heterocycles. The number of hydrogen-bond acceptors (Lipinski definition) is 4. The van der Waals surface area contributed by atoms with E-state index in [1.54, 1.807) is 0 Å². The van der Waals surface area contributed by atoms with Gasteiger partial charge in [0.05, 0.1) is 0 Å². The highest BCUT2D eigenvalue weighted by atomic mass is 16.7. The van der Waals surface area contributed by atoms with Gasteiger partial charge in [-0.25, -0.2) is 0 Å². The van der Waals surface area contributed by atoms with Crippen molar-refractivity contribution in [2.45, 2.75) is 53.2 Å². The number of rotatable bonds is 7. The Labute approximate surface area is 132 Å². The molecule has 4 heteroatoms. The van der Waals surface area contributed by atoms with Crippen LogP contribution >= 0.6 is 0 Å². The highest BCUT2D eigenvalue weighted by Gasteiger charge is 2.20. The average Bonchev–Trinajstić information content (AvgIpc) is 2.45. The van der Waals surface area contributed by atoms with Gasteiger partial charge in [0.25, 0.3) is 6.29 Å². The molecule has 0 amide bonds. The van der Waals surface area contributed by atoms with E-state index < -0.39 is 18.2 Å². The van der Waals surface area contributed by atoms with Crippen molar-refractivity contribution in [3.63, 3.8) is 0 Å². The van der Waals surface area contributed by atoms with E-state index in [9.17, 15) is 9.59 Å². The summed E-state index contributed by atoms with van der Waals surface area (Å²) in [5.74, 6) is -0.950. The Morgan fingerprint density at radius 3 is 2.18 bits per heavy atom. The predicted octanol–water partition coefficient (Wildman–Crippen LogP) is 3.88. The van der Waals surface area contributed by atoms with Crippen molar-refractivity contribution in [1.82, 2.24) is 0 Å². The molecule has 0 aromatic heterocycles. The number of carbonyl (C=O) groups is 2. The third-order valence-corrected chi connectivity index (χ3v) is 3.16. The lowest BCUT2D eigenvalue weighted by molar-refractivity contribution is -0.178. The summed E-state index contributed by atoms with van der Waals surface area (Å²) in [6.45, 7) is 6.72. The van der Waals surface area contributed by atoms with E-state index in [1.165, 1.54) is 19.4 Å². The summed E-state index contributed by atoms with van der Waals surface area (Å²) in [7, 11) is 0. The smallest absolute Gasteiger partial charge is 0.305 e. The van der Waals surface area contributed by atoms with Crippen molar-refractivity contribution in [1.29, 1.82) is 0 Å². The predicted molar refractivity (Wildman–Crippen MR) is 86.0 cm³/mol. The molecule has 1 aromatic rings. The SMILES string of the molecule is CCC/C(=C\c1ccccc1CC)C(OC(C)=O)OC(C)=O. The fourth-order valence-electron chi connectivity index (χ4n) is 2.22. The number of hydrogen-bond donors (Lipinski definition) is 0. The van der Waals surface area contributed by atoms with E-state index in [0.29, 0.717) is 6.42 Å². The highest BCUT2D eigenvalue weighted by Crippen LogP contribution is 2.21. The van der Waals surface area contributed by atoms with Gasteiger partial charge in [0.1, 0.15) is 0 Å². The van der Waals surface area contributed by atoms with Gasteiger partial charge < -0.3 is 9.47 Å². The Balaban J connectivity index is 3.18. The number of ether oxygens (including phenoxy) is 2. The number of carbonyl (C=O) groups excluding carboxylic acids is 2. The number of benzene rings is 1. The summed E-state index contributed by atoms with van der Waals surface area (Å²) in [5.41, 5.74) is 3.03. The Morgan fingerprint density at radius 2 is 1.68 bits per heavy atom. The highest BCUT2D eigenvalue weighted by molar-refractivity contribution is 5.69. The van der Waals surface area contributed by atoms with E-state index in [2.05, 4.69) is 13.0 Å². The first-order chi connectivity index (χ1) is 10.5. The van der Waals surface area contributed by atoms with Gasteiger partial charge in [-0.15, -0.1) is 0 Å². The molecular weight excluding hydrogens is 280 g/mol. The van der Waals surface area contributed by atoms with Crippen LogP contribution in [0, 0.1) is 0 Å². The molecule has 0 fully saturated rings. The van der Waals surface area contributed by atoms with Gasteiger partial charge in [-0.3, -0.25) is 9.59 Å². The third kappa shape index (κ3) is 5.72. The minimum Gasteiger partial charge on any atom is -0.421 e. The summed E-state index contributed by atoms with van der Waals surface area (Å²) in [6, 6.07) is 8.02. The Bertz CT molecular complexity index is 530. The Hall–Kier alpha value is -2.10. The summed E-state index contributed by atoms with van der Waals surface area (Å²) in [5, 5.41) is 0. The molecule has 120 valence electrons. The van der Waals surface area contributed by atoms with Crippen molar-refractivity contribution >= 4 is 18.0 Å². The lowest BCUT2D eigenvalue weighted by atomic mass is 10.0. The molecule has 0 saturated heterocycles. The van der Waals surface area contributed by atoms with Crippen LogP contribution in [-0.4, -0.2) is 18.2 Å². The summed E-state index contributed by atoms with van der Waals surface area (Å²) in [6.07, 6.45) is 3.44. The molecule has 0 bridgehead atoms. The van der Waals surface area contributed by atoms with Crippen molar-refractivity contribution in [3.05, 3.63) is 41.0 Å². The van der Waals surface area contributed by atoms with Crippen LogP contribution in [0.5, 0.6) is 0 Å². The van der Waals surface area contributed by atoms with Gasteiger partial charge >= 0.3 is 11.9 Å². The number of aryl methyl sites for hydroxylation is 1. The molecule has 0 atom stereocenters. The van der Waals surface area contributed by atoms with Gasteiger partial charge in [-0.1, -0.05) is 44.5 Å². The van der Waals surface area contributed by atoms with Crippen molar-refractivity contribution < 1.29 is 19.1 Å². The van der Waals surface area contributed by atoms with Gasteiger partial charge in [0, 0.05) is 19.4 Å². The lowest BCUT2D eigenvalue weighted by Crippen LogP contribution is -2.24. The standard InChI is InChI=1S/C18H24O4/c1-5-9-17(18(21-13(3)19)22-14(4)20)12-16-11-8-7-10-15(16)6-2/h7-8,10-12,18H,5-6,9H2,1-4H3/b17-12+. The van der Waals surface area contributed by atoms with Crippen LogP contribution in [0.4, 0.5) is 0 Å². The maximum absolute atomic E-state index is 11.3. The fourth-order valence-corrected chi connectivity index (χ4v) is 2.22. The largest absolute Gasteiger partial charge is 0.421 e. The number of esters is 2. The van der Waals surface area contributed by atoms with E-state index in [1.807, 2.05) is 31.2 Å². The zero-order valence-electron chi connectivity index (χ0n) is 13.7. The molecule has 1 rings (SSSR count). The second-order valence-electron chi connectivity index (χ2n) is 5.07. The van der Waals surface area contributed by atoms with Crippen LogP contribution in [0.3, 0.4) is 0 Å². The van der Waals surface area contributed by atoms with Crippen LogP contribution in [0.25, 0.3) is 6.08 Å². The summed E-state index contributed by atoms with van der Waals surface area (Å²) in [4.78, 5) is 22.6. The van der Waals surface area contributed by atoms with Gasteiger partial charge in [0.2, 0.25) is 0 Å². The zero-order valence-corrected chi connectivity index (χ0v) is 13.7. The first-order valence-corrected chi connectivity index (χ1v) is 7.60. The topological polar surface area (TPSA) is 52.6 Å². The van der Waals surface area contributed by atoms with Crippen LogP contribution in [0.1, 0.15) is 51.7 Å². The summed E-state index contributed by atoms with van der Waals surface area (Å²) < 4.78 is 10.3. The summed E-state index contributed by atoms with van der Waals surface area (Å²) >= 11 is 0. The normalized spacial score (nSPS) is 11.4. The van der Waals surface area contributed by atoms with Crippen LogP contribution in [0.2, 0.25) is 0 Å². The van der Waals surface area contributed by atoms with E-state index in [-0.39, 0.29) is 0 Å². The monoisotopic (exact) mass is 304 g/mol. The first kappa shape index (κ1) is 18.0. The minimum absolute atomic E-state index is 0.475. The lowest BCUT2D eigenvalue weighted by Gasteiger charge is -2.20. The molecule has 0 saturated carbocycles. The molecule has 1 aromatic carbocycles. The van der Waals surface area contributed by atoms with Crippen LogP contribution in [0.15, 0.2) is 29.8 Å². The quantitative estimate of drug-likeness (QED) is 0.566. The molecule has 0 aliphatic carbocycles. The second-order valence-corrected chi connectivity index (χ2v) is 5.07. The fraction of sp³-hybridized carbons (Fsp3) is 0.444. The molecule has 22 heavy (non-hydrogen) atoms. The van der Waals surface area contributed by atoms with Crippen molar-refractivity contribution in [2.75, 3.05) is 0 Å². The molecule has 0 N–H and O–H groups in total. The molecular formula is C18H24O4. The Morgan fingerprint density at radius 1 is 1.09 bits per heavy atom. The van der Waals surface area contributed by atoms with Crippen LogP contribution < -0.4 is 0 Å². The molecule has 0 radical (unpaired) electrons. The van der Waals surface area contributed by atoms with Gasteiger partial charge in [-0.2, -0.15) is 0 Å². The van der Waals surface area contributed by atoms with Gasteiger partial charge in [-0.05, 0) is 30.0 Å². The van der Waals surface area contributed by atoms with E-state index >= 15 is 0 Å². The van der Waals surface area contributed by atoms with E-state index in [0.717, 1.165) is 24.0 Å². The molecule has 0 unspecified atom stereocenters. The maximum atomic E-state index is 11.3. The average molecular weight is 304 g/mol. The molecule has 4 nitrogen and oxygen atoms in total. The van der Waals surface area contributed by atoms with Crippen LogP contribution in [-0.2, 0) is 25.5 Å². The van der Waals surface area contributed by atoms with Crippen molar-refractivity contribution in [2.24, 2.45) is 0 Å². The van der Waals surface area contributed by atoms with Gasteiger partial charge in [0.15, 0.2) is 0 Å². The molecule has 0 aliphatic rings. The minimum atomic E-state index is -0.958. The maximum Gasteiger partial charge on any atom is 0.305 e. The van der Waals surface area contributed by atoms with E-state index in [4.69, 9.17) is 9.47 Å². The molecule has 0 spiro atoms. The zero-order chi connectivity index (χ0) is 16.5. The Kier molecular flexibility index (Phi) is 7.37. The van der Waals surface area contributed by atoms with Crippen molar-refractivity contribution in [3.8, 4) is 0 Å². The first-order valence-electron chi connectivity index (χ1n) is 7.60. The third-order valence-electron chi connectivity index (χ3n) is 3.16. The molecule has 0 heterocycles. The second kappa shape index (κ2) is 9.03.